The molecule has 0 saturated carbocycles. The molecule has 5 heteroatoms. The van der Waals surface area contributed by atoms with Crippen LogP contribution in [0.1, 0.15) is 0 Å². The maximum absolute atomic E-state index is 2.70. The Morgan fingerprint density at radius 3 is 1.29 bits per heavy atom. The summed E-state index contributed by atoms with van der Waals surface area (Å²) in [5.41, 5.74) is 0. The van der Waals surface area contributed by atoms with Crippen LogP contribution in [0.4, 0.5) is 0 Å². The first-order valence-electron chi connectivity index (χ1n) is 5.03. The van der Waals surface area contributed by atoms with Gasteiger partial charge in [0.2, 0.25) is 4.90 Å². The summed E-state index contributed by atoms with van der Waals surface area (Å²) in [5.74, 6) is 0. The molecule has 0 aliphatic heterocycles. The van der Waals surface area contributed by atoms with Crippen molar-refractivity contribution in [1.29, 1.82) is 0 Å². The lowest BCUT2D eigenvalue weighted by molar-refractivity contribution is 2.04. The first kappa shape index (κ1) is 12.3. The highest BCUT2D eigenvalue weighted by molar-refractivity contribution is 14.2. The molecular formula is C12H9IPS3+. The van der Waals surface area contributed by atoms with E-state index in [2.05, 4.69) is 74.6 Å². The number of hydrogen-bond donors (Lipinski definition) is 0. The van der Waals surface area contributed by atoms with E-state index in [0.717, 1.165) is 0 Å². The van der Waals surface area contributed by atoms with Crippen molar-refractivity contribution in [3.05, 3.63) is 52.5 Å². The molecule has 3 aromatic heterocycles. The van der Waals surface area contributed by atoms with Crippen molar-refractivity contribution in [2.75, 3.05) is 0 Å². The number of halogens is 1. The van der Waals surface area contributed by atoms with Crippen molar-refractivity contribution in [3.8, 4) is 0 Å². The monoisotopic (exact) mass is 407 g/mol. The minimum atomic E-state index is -1.36. The second kappa shape index (κ2) is 5.10. The lowest BCUT2D eigenvalue weighted by atomic mass is 10.7. The maximum atomic E-state index is 2.70. The van der Waals surface area contributed by atoms with Crippen LogP contribution in [0.5, 0.6) is 0 Å². The van der Waals surface area contributed by atoms with Crippen LogP contribution < -0.4 is 13.9 Å². The third kappa shape index (κ3) is 2.15. The molecule has 0 N–H and O–H groups in total. The molecule has 0 radical (unpaired) electrons. The van der Waals surface area contributed by atoms with Crippen LogP contribution in [0.2, 0.25) is 0 Å². The van der Waals surface area contributed by atoms with Gasteiger partial charge in [-0.3, -0.25) is 0 Å². The highest BCUT2D eigenvalue weighted by Gasteiger charge is 2.46. The van der Waals surface area contributed by atoms with Crippen LogP contribution in [0.15, 0.2) is 52.5 Å². The SMILES string of the molecule is I[P+](c1cccs1)(c1cccs1)c1cccs1. The molecule has 86 valence electrons. The quantitative estimate of drug-likeness (QED) is 0.443. The largest absolute Gasteiger partial charge is 0.203 e. The Kier molecular flexibility index (Phi) is 3.69. The van der Waals surface area contributed by atoms with Crippen molar-refractivity contribution in [2.45, 2.75) is 0 Å². The molecule has 3 rings (SSSR count). The summed E-state index contributed by atoms with van der Waals surface area (Å²) in [7, 11) is 0. The van der Waals surface area contributed by atoms with Crippen molar-refractivity contribution in [2.24, 2.45) is 0 Å². The summed E-state index contributed by atoms with van der Waals surface area (Å²) in [6, 6.07) is 13.3. The standard InChI is InChI=1S/C12H9IPS3/c13-14(10-4-1-7-15-10,11-5-2-8-16-11)12-6-3-9-17-12/h1-9H/q+1. The topological polar surface area (TPSA) is 0 Å². The van der Waals surface area contributed by atoms with Crippen molar-refractivity contribution in [1.82, 2.24) is 0 Å². The predicted octanol–water partition coefficient (Wildman–Crippen LogP) is 4.52. The fraction of sp³-hybridized carbons (Fsp3) is 0. The average molecular weight is 407 g/mol. The van der Waals surface area contributed by atoms with Crippen molar-refractivity contribution < 1.29 is 0 Å². The van der Waals surface area contributed by atoms with Crippen LogP contribution in [-0.4, -0.2) is 0 Å². The molecule has 0 bridgehead atoms. The fourth-order valence-electron chi connectivity index (χ4n) is 1.66. The van der Waals surface area contributed by atoms with Gasteiger partial charge < -0.3 is 0 Å². The first-order valence-corrected chi connectivity index (χ1v) is 12.2. The van der Waals surface area contributed by atoms with Crippen LogP contribution >= 0.6 is 61.0 Å². The van der Waals surface area contributed by atoms with Gasteiger partial charge in [-0.25, -0.2) is 0 Å². The van der Waals surface area contributed by atoms with Crippen molar-refractivity contribution in [3.63, 3.8) is 0 Å². The van der Waals surface area contributed by atoms with Crippen LogP contribution in [0.25, 0.3) is 0 Å². The van der Waals surface area contributed by atoms with Gasteiger partial charge in [0.15, 0.2) is 35.9 Å². The van der Waals surface area contributed by atoms with E-state index in [-0.39, 0.29) is 0 Å². The van der Waals surface area contributed by atoms with Gasteiger partial charge in [0.1, 0.15) is 0 Å². The predicted molar refractivity (Wildman–Crippen MR) is 92.8 cm³/mol. The summed E-state index contributed by atoms with van der Waals surface area (Å²) >= 11 is 8.35. The third-order valence-corrected chi connectivity index (χ3v) is 17.7. The van der Waals surface area contributed by atoms with Crippen molar-refractivity contribution >= 4 is 74.8 Å². The van der Waals surface area contributed by atoms with E-state index in [4.69, 9.17) is 0 Å². The lowest BCUT2D eigenvalue weighted by Crippen LogP contribution is -2.20. The molecule has 0 aliphatic carbocycles. The first-order chi connectivity index (χ1) is 8.32. The van der Waals surface area contributed by atoms with E-state index in [1.807, 2.05) is 34.0 Å². The van der Waals surface area contributed by atoms with Crippen LogP contribution in [0, 0.1) is 0 Å². The summed E-state index contributed by atoms with van der Waals surface area (Å²) in [6.45, 7) is 0. The highest BCUT2D eigenvalue weighted by atomic mass is 127. The van der Waals surface area contributed by atoms with Crippen LogP contribution in [-0.2, 0) is 0 Å². The minimum Gasteiger partial charge on any atom is -0.106 e. The average Bonchev–Trinajstić information content (AvgIpc) is 3.10. The molecule has 0 aliphatic rings. The molecule has 17 heavy (non-hydrogen) atoms. The van der Waals surface area contributed by atoms with Gasteiger partial charge in [-0.2, -0.15) is 0 Å². The molecule has 3 aromatic rings. The highest BCUT2D eigenvalue weighted by Crippen LogP contribution is 2.65. The van der Waals surface area contributed by atoms with E-state index >= 15 is 0 Å². The Hall–Kier alpha value is 0.260. The normalized spacial score (nSPS) is 11.8. The summed E-state index contributed by atoms with van der Waals surface area (Å²) in [5, 5.41) is 6.55. The molecule has 0 unspecified atom stereocenters. The molecular weight excluding hydrogens is 398 g/mol. The zero-order chi connectivity index (χ0) is 11.7. The Labute approximate surface area is 126 Å². The van der Waals surface area contributed by atoms with Gasteiger partial charge in [0.05, 0.1) is 0 Å². The van der Waals surface area contributed by atoms with Gasteiger partial charge in [0.25, 0.3) is 0 Å². The maximum Gasteiger partial charge on any atom is 0.203 e. The van der Waals surface area contributed by atoms with Gasteiger partial charge >= 0.3 is 0 Å². The van der Waals surface area contributed by atoms with Crippen LogP contribution in [0.3, 0.4) is 0 Å². The zero-order valence-corrected chi connectivity index (χ0v) is 14.2. The second-order valence-electron chi connectivity index (χ2n) is 3.44. The molecule has 0 nitrogen and oxygen atoms in total. The Bertz CT molecular complexity index is 485. The summed E-state index contributed by atoms with van der Waals surface area (Å²) in [6.07, 6.45) is 0. The smallest absolute Gasteiger partial charge is 0.106 e. The molecule has 0 spiro atoms. The zero-order valence-electron chi connectivity index (χ0n) is 8.75. The van der Waals surface area contributed by atoms with E-state index in [9.17, 15) is 0 Å². The molecule has 0 saturated heterocycles. The lowest BCUT2D eigenvalue weighted by Gasteiger charge is -2.13. The third-order valence-electron chi connectivity index (χ3n) is 2.43. The Morgan fingerprint density at radius 1 is 0.706 bits per heavy atom. The van der Waals surface area contributed by atoms with Gasteiger partial charge in [-0.1, -0.05) is 0 Å². The number of rotatable bonds is 3. The summed E-state index contributed by atoms with van der Waals surface area (Å²) < 4.78 is 4.55. The molecule has 0 amide bonds. The van der Waals surface area contributed by atoms with E-state index < -0.39 is 4.90 Å². The molecule has 0 aromatic carbocycles. The molecule has 3 heterocycles. The summed E-state index contributed by atoms with van der Waals surface area (Å²) in [4.78, 5) is -1.36. The fourth-order valence-corrected chi connectivity index (χ4v) is 13.6. The number of thiophene rings is 3. The van der Waals surface area contributed by atoms with E-state index in [1.54, 1.807) is 0 Å². The Balaban J connectivity index is 2.21. The number of hydrogen-bond acceptors (Lipinski definition) is 3. The Morgan fingerprint density at radius 2 is 1.06 bits per heavy atom. The van der Waals surface area contributed by atoms with Gasteiger partial charge in [-0.05, 0) is 52.5 Å². The minimum absolute atomic E-state index is 1.36. The van der Waals surface area contributed by atoms with Gasteiger partial charge in [0, 0.05) is 0 Å². The van der Waals surface area contributed by atoms with E-state index in [1.165, 1.54) is 13.9 Å². The van der Waals surface area contributed by atoms with Gasteiger partial charge in [-0.15, -0.1) is 34.0 Å². The molecule has 0 atom stereocenters. The second-order valence-corrected chi connectivity index (χ2v) is 14.2. The van der Waals surface area contributed by atoms with E-state index in [0.29, 0.717) is 0 Å². The molecule has 0 fully saturated rings.